The van der Waals surface area contributed by atoms with Crippen LogP contribution in [0, 0.1) is 0 Å². The third-order valence-electron chi connectivity index (χ3n) is 4.37. The molecule has 0 aliphatic heterocycles. The molecule has 0 saturated carbocycles. The summed E-state index contributed by atoms with van der Waals surface area (Å²) in [5.74, 6) is 1.29. The van der Waals surface area contributed by atoms with Crippen molar-refractivity contribution in [3.8, 4) is 11.5 Å². The second-order valence-corrected chi connectivity index (χ2v) is 6.42. The van der Waals surface area contributed by atoms with Gasteiger partial charge in [-0.3, -0.25) is 9.78 Å². The molecule has 1 aromatic carbocycles. The van der Waals surface area contributed by atoms with Gasteiger partial charge in [0.25, 0.3) is 5.91 Å². The van der Waals surface area contributed by atoms with E-state index in [2.05, 4.69) is 20.2 Å². The SMILES string of the molecule is COc1ccccc1OCC(=O)Nc1ccc(N(C)CCc2ccncc2)cn1. The van der Waals surface area contributed by atoms with E-state index in [-0.39, 0.29) is 12.5 Å². The molecule has 0 spiro atoms. The molecule has 150 valence electrons. The van der Waals surface area contributed by atoms with Gasteiger partial charge in [0.15, 0.2) is 18.1 Å². The fourth-order valence-corrected chi connectivity index (χ4v) is 2.72. The molecule has 3 aromatic rings. The van der Waals surface area contributed by atoms with Crippen molar-refractivity contribution in [1.29, 1.82) is 0 Å². The molecule has 2 heterocycles. The minimum atomic E-state index is -0.290. The summed E-state index contributed by atoms with van der Waals surface area (Å²) < 4.78 is 10.7. The van der Waals surface area contributed by atoms with Crippen LogP contribution in [0.4, 0.5) is 11.5 Å². The monoisotopic (exact) mass is 392 g/mol. The normalized spacial score (nSPS) is 10.3. The Morgan fingerprint density at radius 2 is 1.83 bits per heavy atom. The molecule has 0 fully saturated rings. The van der Waals surface area contributed by atoms with Gasteiger partial charge in [0, 0.05) is 26.0 Å². The van der Waals surface area contributed by atoms with Gasteiger partial charge in [0.2, 0.25) is 0 Å². The number of para-hydroxylation sites is 2. The maximum Gasteiger partial charge on any atom is 0.263 e. The number of hydrogen-bond donors (Lipinski definition) is 1. The van der Waals surface area contributed by atoms with Crippen molar-refractivity contribution >= 4 is 17.4 Å². The zero-order valence-electron chi connectivity index (χ0n) is 16.5. The number of rotatable bonds is 9. The van der Waals surface area contributed by atoms with Gasteiger partial charge in [0.1, 0.15) is 5.82 Å². The highest BCUT2D eigenvalue weighted by Crippen LogP contribution is 2.25. The Bertz CT molecular complexity index is 917. The molecule has 3 rings (SSSR count). The van der Waals surface area contributed by atoms with Crippen LogP contribution in [0.5, 0.6) is 11.5 Å². The summed E-state index contributed by atoms with van der Waals surface area (Å²) in [5, 5.41) is 2.73. The minimum absolute atomic E-state index is 0.129. The van der Waals surface area contributed by atoms with Crippen LogP contribution in [0.3, 0.4) is 0 Å². The van der Waals surface area contributed by atoms with Gasteiger partial charge in [0.05, 0.1) is 19.0 Å². The van der Waals surface area contributed by atoms with E-state index in [1.807, 2.05) is 37.4 Å². The molecule has 1 amide bonds. The molecule has 0 bridgehead atoms. The van der Waals surface area contributed by atoms with Crippen molar-refractivity contribution in [2.24, 2.45) is 0 Å². The number of nitrogens with one attached hydrogen (secondary N) is 1. The first-order valence-corrected chi connectivity index (χ1v) is 9.27. The van der Waals surface area contributed by atoms with Crippen LogP contribution in [0.2, 0.25) is 0 Å². The molecule has 0 aliphatic carbocycles. The number of pyridine rings is 2. The van der Waals surface area contributed by atoms with E-state index in [1.54, 1.807) is 43.9 Å². The number of methoxy groups -OCH3 is 1. The summed E-state index contributed by atoms with van der Waals surface area (Å²) in [4.78, 5) is 22.6. The van der Waals surface area contributed by atoms with Crippen molar-refractivity contribution in [1.82, 2.24) is 9.97 Å². The predicted molar refractivity (Wildman–Crippen MR) is 113 cm³/mol. The van der Waals surface area contributed by atoms with E-state index in [1.165, 1.54) is 5.56 Å². The molecule has 0 atom stereocenters. The van der Waals surface area contributed by atoms with Gasteiger partial charge in [-0.05, 0) is 48.4 Å². The molecular formula is C22H24N4O3. The highest BCUT2D eigenvalue weighted by atomic mass is 16.5. The number of nitrogens with zero attached hydrogens (tertiary/aromatic N) is 3. The first-order chi connectivity index (χ1) is 14.2. The number of ether oxygens (including phenoxy) is 2. The van der Waals surface area contributed by atoms with E-state index in [0.717, 1.165) is 18.7 Å². The van der Waals surface area contributed by atoms with Gasteiger partial charge in [-0.15, -0.1) is 0 Å². The number of carbonyl (C=O) groups excluding carboxylic acids is 1. The fraction of sp³-hybridized carbons (Fsp3) is 0.227. The highest BCUT2D eigenvalue weighted by molar-refractivity contribution is 5.91. The Kier molecular flexibility index (Phi) is 7.00. The van der Waals surface area contributed by atoms with Crippen molar-refractivity contribution in [2.45, 2.75) is 6.42 Å². The second-order valence-electron chi connectivity index (χ2n) is 6.42. The Balaban J connectivity index is 1.48. The zero-order chi connectivity index (χ0) is 20.5. The molecule has 29 heavy (non-hydrogen) atoms. The average molecular weight is 392 g/mol. The summed E-state index contributed by atoms with van der Waals surface area (Å²) in [7, 11) is 3.57. The summed E-state index contributed by atoms with van der Waals surface area (Å²) >= 11 is 0. The summed E-state index contributed by atoms with van der Waals surface area (Å²) in [5.41, 5.74) is 2.21. The van der Waals surface area contributed by atoms with E-state index >= 15 is 0 Å². The van der Waals surface area contributed by atoms with Gasteiger partial charge in [-0.1, -0.05) is 12.1 Å². The molecule has 2 aromatic heterocycles. The average Bonchev–Trinajstić information content (AvgIpc) is 2.77. The Labute approximate surface area is 170 Å². The molecule has 1 N–H and O–H groups in total. The molecule has 7 heteroatoms. The number of benzene rings is 1. The van der Waals surface area contributed by atoms with Crippen molar-refractivity contribution in [3.05, 3.63) is 72.7 Å². The van der Waals surface area contributed by atoms with Gasteiger partial charge < -0.3 is 19.7 Å². The Morgan fingerprint density at radius 3 is 2.52 bits per heavy atom. The van der Waals surface area contributed by atoms with E-state index in [0.29, 0.717) is 17.3 Å². The molecule has 0 saturated heterocycles. The third-order valence-corrected chi connectivity index (χ3v) is 4.37. The van der Waals surface area contributed by atoms with Gasteiger partial charge in [-0.2, -0.15) is 0 Å². The highest BCUT2D eigenvalue weighted by Gasteiger charge is 2.09. The fourth-order valence-electron chi connectivity index (χ4n) is 2.72. The lowest BCUT2D eigenvalue weighted by atomic mass is 10.2. The van der Waals surface area contributed by atoms with Crippen LogP contribution in [-0.2, 0) is 11.2 Å². The summed E-state index contributed by atoms with van der Waals surface area (Å²) in [6.07, 6.45) is 6.25. The Hall–Kier alpha value is -3.61. The number of carbonyl (C=O) groups is 1. The number of aromatic nitrogens is 2. The van der Waals surface area contributed by atoms with Crippen LogP contribution in [-0.4, -0.2) is 43.2 Å². The van der Waals surface area contributed by atoms with E-state index in [9.17, 15) is 4.79 Å². The van der Waals surface area contributed by atoms with E-state index in [4.69, 9.17) is 9.47 Å². The number of hydrogen-bond acceptors (Lipinski definition) is 6. The standard InChI is InChI=1S/C22H24N4O3/c1-26(14-11-17-9-12-23-13-10-17)18-7-8-21(24-15-18)25-22(27)16-29-20-6-4-3-5-19(20)28-2/h3-10,12-13,15H,11,14,16H2,1-2H3,(H,24,25,27). The first kappa shape index (κ1) is 20.1. The number of anilines is 2. The first-order valence-electron chi connectivity index (χ1n) is 9.27. The van der Waals surface area contributed by atoms with Crippen LogP contribution >= 0.6 is 0 Å². The summed E-state index contributed by atoms with van der Waals surface area (Å²) in [6.45, 7) is 0.722. The Morgan fingerprint density at radius 1 is 1.07 bits per heavy atom. The topological polar surface area (TPSA) is 76.6 Å². The zero-order valence-corrected chi connectivity index (χ0v) is 16.5. The lowest BCUT2D eigenvalue weighted by Gasteiger charge is -2.19. The molecular weight excluding hydrogens is 368 g/mol. The maximum absolute atomic E-state index is 12.1. The molecule has 7 nitrogen and oxygen atoms in total. The van der Waals surface area contributed by atoms with Crippen molar-refractivity contribution in [3.63, 3.8) is 0 Å². The smallest absolute Gasteiger partial charge is 0.263 e. The quantitative estimate of drug-likeness (QED) is 0.603. The van der Waals surface area contributed by atoms with Gasteiger partial charge >= 0.3 is 0 Å². The molecule has 0 aliphatic rings. The summed E-state index contributed by atoms with van der Waals surface area (Å²) in [6, 6.07) is 14.9. The number of likely N-dealkylation sites (N-methyl/N-ethyl adjacent to an activating group) is 1. The van der Waals surface area contributed by atoms with Crippen LogP contribution < -0.4 is 19.7 Å². The third kappa shape index (κ3) is 5.93. The lowest BCUT2D eigenvalue weighted by molar-refractivity contribution is -0.118. The van der Waals surface area contributed by atoms with Crippen LogP contribution in [0.15, 0.2) is 67.1 Å². The second kappa shape index (κ2) is 10.1. The molecule has 0 radical (unpaired) electrons. The van der Waals surface area contributed by atoms with Gasteiger partial charge in [-0.25, -0.2) is 4.98 Å². The van der Waals surface area contributed by atoms with Crippen molar-refractivity contribution < 1.29 is 14.3 Å². The van der Waals surface area contributed by atoms with Crippen LogP contribution in [0.25, 0.3) is 0 Å². The van der Waals surface area contributed by atoms with Crippen LogP contribution in [0.1, 0.15) is 5.56 Å². The lowest BCUT2D eigenvalue weighted by Crippen LogP contribution is -2.22. The van der Waals surface area contributed by atoms with Crippen molar-refractivity contribution in [2.75, 3.05) is 37.5 Å². The predicted octanol–water partition coefficient (Wildman–Crippen LogP) is 3.18. The number of amides is 1. The largest absolute Gasteiger partial charge is 0.493 e. The maximum atomic E-state index is 12.1. The van der Waals surface area contributed by atoms with E-state index < -0.39 is 0 Å². The minimum Gasteiger partial charge on any atom is -0.493 e. The molecule has 0 unspecified atom stereocenters.